The number of amides is 2. The van der Waals surface area contributed by atoms with Crippen LogP contribution < -0.4 is 0 Å². The Hall–Kier alpha value is -1.30. The monoisotopic (exact) mass is 246 g/mol. The van der Waals surface area contributed by atoms with E-state index < -0.39 is 5.97 Å². The third-order valence-electron chi connectivity index (χ3n) is 2.34. The highest BCUT2D eigenvalue weighted by atomic mass is 16.5. The maximum absolute atomic E-state index is 11.9. The summed E-state index contributed by atoms with van der Waals surface area (Å²) < 4.78 is 4.86. The first-order valence-corrected chi connectivity index (χ1v) is 5.73. The van der Waals surface area contributed by atoms with E-state index in [2.05, 4.69) is 0 Å². The zero-order valence-electron chi connectivity index (χ0n) is 10.8. The van der Waals surface area contributed by atoms with E-state index in [1.165, 1.54) is 12.0 Å². The van der Waals surface area contributed by atoms with E-state index in [4.69, 9.17) is 9.84 Å². The average Bonchev–Trinajstić information content (AvgIpc) is 2.29. The van der Waals surface area contributed by atoms with E-state index in [-0.39, 0.29) is 19.1 Å². The molecule has 0 aliphatic rings. The lowest BCUT2D eigenvalue weighted by molar-refractivity contribution is -0.137. The van der Waals surface area contributed by atoms with Crippen LogP contribution in [-0.4, -0.2) is 67.3 Å². The third kappa shape index (κ3) is 6.78. The van der Waals surface area contributed by atoms with Crippen LogP contribution >= 0.6 is 0 Å². The van der Waals surface area contributed by atoms with Crippen LogP contribution in [0.5, 0.6) is 0 Å². The van der Waals surface area contributed by atoms with Crippen molar-refractivity contribution in [1.82, 2.24) is 9.80 Å². The van der Waals surface area contributed by atoms with Gasteiger partial charge in [0.2, 0.25) is 0 Å². The Kier molecular flexibility index (Phi) is 8.13. The van der Waals surface area contributed by atoms with Crippen LogP contribution in [0.25, 0.3) is 0 Å². The van der Waals surface area contributed by atoms with Gasteiger partial charge in [0.25, 0.3) is 0 Å². The maximum Gasteiger partial charge on any atom is 0.323 e. The minimum Gasteiger partial charge on any atom is -0.480 e. The number of carbonyl (C=O) groups excluding carboxylic acids is 1. The van der Waals surface area contributed by atoms with Gasteiger partial charge < -0.3 is 19.6 Å². The van der Waals surface area contributed by atoms with Crippen molar-refractivity contribution < 1.29 is 19.4 Å². The summed E-state index contributed by atoms with van der Waals surface area (Å²) >= 11 is 0. The highest BCUT2D eigenvalue weighted by molar-refractivity contribution is 5.80. The average molecular weight is 246 g/mol. The first-order valence-electron chi connectivity index (χ1n) is 5.73. The van der Waals surface area contributed by atoms with Crippen molar-refractivity contribution in [3.63, 3.8) is 0 Å². The van der Waals surface area contributed by atoms with E-state index in [0.717, 1.165) is 12.8 Å². The molecule has 0 spiro atoms. The van der Waals surface area contributed by atoms with Gasteiger partial charge in [0.1, 0.15) is 6.54 Å². The number of aliphatic carboxylic acids is 1. The fraction of sp³-hybridized carbons (Fsp3) is 0.818. The maximum atomic E-state index is 11.9. The summed E-state index contributed by atoms with van der Waals surface area (Å²) in [5.41, 5.74) is 0. The van der Waals surface area contributed by atoms with Gasteiger partial charge in [-0.05, 0) is 6.42 Å². The van der Waals surface area contributed by atoms with E-state index >= 15 is 0 Å². The van der Waals surface area contributed by atoms with Crippen LogP contribution in [-0.2, 0) is 9.53 Å². The molecule has 6 heteroatoms. The number of urea groups is 1. The van der Waals surface area contributed by atoms with Crippen molar-refractivity contribution in [2.45, 2.75) is 19.8 Å². The van der Waals surface area contributed by atoms with Gasteiger partial charge in [0.15, 0.2) is 0 Å². The molecule has 17 heavy (non-hydrogen) atoms. The van der Waals surface area contributed by atoms with Crippen LogP contribution in [0.15, 0.2) is 0 Å². The van der Waals surface area contributed by atoms with E-state index in [1.54, 1.807) is 11.9 Å². The summed E-state index contributed by atoms with van der Waals surface area (Å²) in [5, 5.41) is 8.74. The number of ether oxygens (including phenoxy) is 1. The molecule has 2 amide bonds. The Balaban J connectivity index is 4.33. The van der Waals surface area contributed by atoms with Gasteiger partial charge >= 0.3 is 12.0 Å². The highest BCUT2D eigenvalue weighted by Gasteiger charge is 2.19. The molecule has 0 aromatic heterocycles. The molecule has 0 fully saturated rings. The Labute approximate surface area is 102 Å². The quantitative estimate of drug-likeness (QED) is 0.690. The summed E-state index contributed by atoms with van der Waals surface area (Å²) in [5.74, 6) is -1.02. The smallest absolute Gasteiger partial charge is 0.323 e. The van der Waals surface area contributed by atoms with Gasteiger partial charge in [-0.15, -0.1) is 0 Å². The molecule has 6 nitrogen and oxygen atoms in total. The second-order valence-electron chi connectivity index (χ2n) is 3.87. The third-order valence-corrected chi connectivity index (χ3v) is 2.34. The van der Waals surface area contributed by atoms with Gasteiger partial charge in [-0.2, -0.15) is 0 Å². The molecular weight excluding hydrogens is 224 g/mol. The van der Waals surface area contributed by atoms with Crippen LogP contribution in [0.1, 0.15) is 19.8 Å². The van der Waals surface area contributed by atoms with Crippen molar-refractivity contribution in [3.8, 4) is 0 Å². The molecule has 0 saturated heterocycles. The Bertz CT molecular complexity index is 246. The lowest BCUT2D eigenvalue weighted by Crippen LogP contribution is -2.45. The topological polar surface area (TPSA) is 70.1 Å². The van der Waals surface area contributed by atoms with Gasteiger partial charge in [0.05, 0.1) is 6.61 Å². The molecule has 0 aliphatic carbocycles. The number of nitrogens with zero attached hydrogens (tertiary/aromatic N) is 2. The molecule has 0 bridgehead atoms. The highest BCUT2D eigenvalue weighted by Crippen LogP contribution is 2.00. The molecule has 0 saturated carbocycles. The number of unbranched alkanes of at least 4 members (excludes halogenated alkanes) is 1. The largest absolute Gasteiger partial charge is 0.480 e. The molecule has 0 radical (unpaired) electrons. The van der Waals surface area contributed by atoms with Crippen molar-refractivity contribution in [3.05, 3.63) is 0 Å². The minimum atomic E-state index is -1.02. The van der Waals surface area contributed by atoms with E-state index in [9.17, 15) is 9.59 Å². The summed E-state index contributed by atoms with van der Waals surface area (Å²) in [4.78, 5) is 25.4. The molecule has 0 unspecified atom stereocenters. The molecule has 1 N–H and O–H groups in total. The first-order chi connectivity index (χ1) is 8.02. The fourth-order valence-electron chi connectivity index (χ4n) is 1.34. The van der Waals surface area contributed by atoms with Gasteiger partial charge in [-0.3, -0.25) is 4.79 Å². The lowest BCUT2D eigenvalue weighted by Gasteiger charge is -2.26. The predicted molar refractivity (Wildman–Crippen MR) is 64.0 cm³/mol. The van der Waals surface area contributed by atoms with Crippen molar-refractivity contribution in [2.75, 3.05) is 40.4 Å². The molecule has 100 valence electrons. The van der Waals surface area contributed by atoms with Gasteiger partial charge in [-0.25, -0.2) is 4.79 Å². The van der Waals surface area contributed by atoms with Gasteiger partial charge in [0, 0.05) is 27.2 Å². The normalized spacial score (nSPS) is 10.1. The SMILES string of the molecule is CCCCN(C)C(=O)N(CCOC)CC(=O)O. The number of hydrogen-bond donors (Lipinski definition) is 1. The zero-order chi connectivity index (χ0) is 13.3. The van der Waals surface area contributed by atoms with Crippen LogP contribution in [0.4, 0.5) is 4.79 Å². The number of hydrogen-bond acceptors (Lipinski definition) is 3. The fourth-order valence-corrected chi connectivity index (χ4v) is 1.34. The molecule has 0 aliphatic heterocycles. The summed E-state index contributed by atoms with van der Waals surface area (Å²) in [6.07, 6.45) is 1.90. The zero-order valence-corrected chi connectivity index (χ0v) is 10.8. The number of rotatable bonds is 8. The van der Waals surface area contributed by atoms with Gasteiger partial charge in [-0.1, -0.05) is 13.3 Å². The van der Waals surface area contributed by atoms with E-state index in [1.807, 2.05) is 6.92 Å². The summed E-state index contributed by atoms with van der Waals surface area (Å²) in [6, 6.07) is -0.266. The number of carbonyl (C=O) groups is 2. The number of carboxylic acid groups (broad SMARTS) is 1. The van der Waals surface area contributed by atoms with Crippen LogP contribution in [0, 0.1) is 0 Å². The Morgan fingerprint density at radius 2 is 1.94 bits per heavy atom. The molecule has 0 atom stereocenters. The second kappa shape index (κ2) is 8.81. The van der Waals surface area contributed by atoms with Crippen LogP contribution in [0.2, 0.25) is 0 Å². The molecule has 0 rings (SSSR count). The molecule has 0 aromatic carbocycles. The van der Waals surface area contributed by atoms with Crippen molar-refractivity contribution in [2.24, 2.45) is 0 Å². The summed E-state index contributed by atoms with van der Waals surface area (Å²) in [7, 11) is 3.20. The molecule has 0 heterocycles. The predicted octanol–water partition coefficient (Wildman–Crippen LogP) is 0.871. The Morgan fingerprint density at radius 3 is 2.41 bits per heavy atom. The minimum absolute atomic E-state index is 0.266. The van der Waals surface area contributed by atoms with Crippen LogP contribution in [0.3, 0.4) is 0 Å². The van der Waals surface area contributed by atoms with Crippen molar-refractivity contribution >= 4 is 12.0 Å². The molecular formula is C11H22N2O4. The lowest BCUT2D eigenvalue weighted by atomic mass is 10.3. The second-order valence-corrected chi connectivity index (χ2v) is 3.87. The summed E-state index contributed by atoms with van der Waals surface area (Å²) in [6.45, 7) is 3.01. The standard InChI is InChI=1S/C11H22N2O4/c1-4-5-6-12(2)11(16)13(7-8-17-3)9-10(14)15/h4-9H2,1-3H3,(H,14,15). The number of carboxylic acids is 1. The Morgan fingerprint density at radius 1 is 1.29 bits per heavy atom. The number of methoxy groups -OCH3 is 1. The first kappa shape index (κ1) is 15.7. The van der Waals surface area contributed by atoms with Crippen molar-refractivity contribution in [1.29, 1.82) is 0 Å². The van der Waals surface area contributed by atoms with E-state index in [0.29, 0.717) is 13.2 Å². The molecule has 0 aromatic rings.